The van der Waals surface area contributed by atoms with Gasteiger partial charge in [0.2, 0.25) is 0 Å². The van der Waals surface area contributed by atoms with Crippen molar-refractivity contribution in [3.8, 4) is 0 Å². The van der Waals surface area contributed by atoms with Gasteiger partial charge < -0.3 is 15.7 Å². The number of carbonyl (C=O) groups excluding carboxylic acids is 1. The maximum Gasteiger partial charge on any atom is 0.315 e. The molecule has 2 atom stereocenters. The van der Waals surface area contributed by atoms with Gasteiger partial charge in [0.1, 0.15) is 0 Å². The monoisotopic (exact) mass is 212 g/mol. The van der Waals surface area contributed by atoms with Crippen molar-refractivity contribution in [2.24, 2.45) is 5.41 Å². The summed E-state index contributed by atoms with van der Waals surface area (Å²) < 4.78 is 0. The van der Waals surface area contributed by atoms with Crippen LogP contribution in [0.1, 0.15) is 39.5 Å². The predicted octanol–water partition coefficient (Wildman–Crippen LogP) is 0.997. The summed E-state index contributed by atoms with van der Waals surface area (Å²) in [6.45, 7) is 3.96. The Morgan fingerprint density at radius 3 is 2.40 bits per heavy atom. The van der Waals surface area contributed by atoms with Crippen LogP contribution in [0, 0.1) is 5.41 Å². The summed E-state index contributed by atoms with van der Waals surface area (Å²) in [5, 5.41) is 15.4. The fourth-order valence-electron chi connectivity index (χ4n) is 2.09. The number of hydrogen-bond donors (Lipinski definition) is 3. The number of nitrogens with one attached hydrogen (secondary N) is 2. The molecular formula is C11H20N2O2. The summed E-state index contributed by atoms with van der Waals surface area (Å²) in [4.78, 5) is 11.5. The Bertz CT molecular complexity index is 261. The second-order valence-corrected chi connectivity index (χ2v) is 5.37. The molecule has 0 radical (unpaired) electrons. The second-order valence-electron chi connectivity index (χ2n) is 5.37. The Morgan fingerprint density at radius 1 is 1.33 bits per heavy atom. The first-order valence-corrected chi connectivity index (χ1v) is 5.75. The van der Waals surface area contributed by atoms with Gasteiger partial charge in [0.05, 0.1) is 6.10 Å². The van der Waals surface area contributed by atoms with Crippen molar-refractivity contribution in [3.63, 3.8) is 0 Å². The first-order chi connectivity index (χ1) is 7.00. The van der Waals surface area contributed by atoms with E-state index in [-0.39, 0.29) is 23.6 Å². The van der Waals surface area contributed by atoms with E-state index in [1.807, 2.05) is 13.8 Å². The number of carbonyl (C=O) groups is 1. The quantitative estimate of drug-likeness (QED) is 0.639. The summed E-state index contributed by atoms with van der Waals surface area (Å²) in [5.74, 6) is 0. The van der Waals surface area contributed by atoms with Crippen molar-refractivity contribution in [2.75, 3.05) is 0 Å². The zero-order chi connectivity index (χ0) is 11.1. The molecule has 2 rings (SSSR count). The third kappa shape index (κ3) is 1.95. The highest BCUT2D eigenvalue weighted by atomic mass is 16.3. The molecule has 15 heavy (non-hydrogen) atoms. The highest BCUT2D eigenvalue weighted by Crippen LogP contribution is 2.40. The van der Waals surface area contributed by atoms with Gasteiger partial charge in [0, 0.05) is 17.5 Å². The van der Waals surface area contributed by atoms with Crippen molar-refractivity contribution in [2.45, 2.75) is 57.7 Å². The number of urea groups is 1. The van der Waals surface area contributed by atoms with Crippen LogP contribution in [0.25, 0.3) is 0 Å². The zero-order valence-corrected chi connectivity index (χ0v) is 9.42. The minimum atomic E-state index is -0.286. The molecule has 0 aromatic heterocycles. The fourth-order valence-corrected chi connectivity index (χ4v) is 2.09. The van der Waals surface area contributed by atoms with Gasteiger partial charge in [-0.3, -0.25) is 0 Å². The number of aliphatic hydroxyl groups is 1. The summed E-state index contributed by atoms with van der Waals surface area (Å²) >= 11 is 0. The standard InChI is InChI=1S/C11H20N2O2/c1-11(2)8(6-9(11)14)13-10(15)12-7-4-3-5-7/h7-9,14H,3-6H2,1-2H3,(H2,12,13,15). The molecule has 2 unspecified atom stereocenters. The molecule has 0 aliphatic heterocycles. The number of amides is 2. The van der Waals surface area contributed by atoms with E-state index in [0.29, 0.717) is 12.5 Å². The van der Waals surface area contributed by atoms with E-state index >= 15 is 0 Å². The number of hydrogen-bond acceptors (Lipinski definition) is 2. The van der Waals surface area contributed by atoms with Crippen molar-refractivity contribution < 1.29 is 9.90 Å². The molecule has 4 heteroatoms. The highest BCUT2D eigenvalue weighted by molar-refractivity contribution is 5.75. The Balaban J connectivity index is 1.75. The molecule has 86 valence electrons. The van der Waals surface area contributed by atoms with E-state index in [1.54, 1.807) is 0 Å². The molecule has 2 fully saturated rings. The third-order valence-corrected chi connectivity index (χ3v) is 3.96. The van der Waals surface area contributed by atoms with Crippen molar-refractivity contribution >= 4 is 6.03 Å². The minimum Gasteiger partial charge on any atom is -0.392 e. The molecule has 0 spiro atoms. The SMILES string of the molecule is CC1(C)C(O)CC1NC(=O)NC1CCC1. The Morgan fingerprint density at radius 2 is 2.00 bits per heavy atom. The number of aliphatic hydroxyl groups excluding tert-OH is 1. The van der Waals surface area contributed by atoms with Gasteiger partial charge in [0.25, 0.3) is 0 Å². The Labute approximate surface area is 90.4 Å². The van der Waals surface area contributed by atoms with Gasteiger partial charge in [-0.15, -0.1) is 0 Å². The lowest BCUT2D eigenvalue weighted by Crippen LogP contribution is -2.63. The maximum absolute atomic E-state index is 11.5. The molecule has 0 saturated heterocycles. The van der Waals surface area contributed by atoms with Gasteiger partial charge in [-0.25, -0.2) is 4.79 Å². The topological polar surface area (TPSA) is 61.4 Å². The van der Waals surface area contributed by atoms with Crippen molar-refractivity contribution in [1.82, 2.24) is 10.6 Å². The van der Waals surface area contributed by atoms with Gasteiger partial charge in [-0.05, 0) is 25.7 Å². The van der Waals surface area contributed by atoms with Crippen LogP contribution in [-0.2, 0) is 0 Å². The summed E-state index contributed by atoms with van der Waals surface area (Å²) in [6.07, 6.45) is 3.81. The van der Waals surface area contributed by atoms with E-state index in [2.05, 4.69) is 10.6 Å². The van der Waals surface area contributed by atoms with E-state index in [4.69, 9.17) is 0 Å². The zero-order valence-electron chi connectivity index (χ0n) is 9.42. The first-order valence-electron chi connectivity index (χ1n) is 5.75. The average molecular weight is 212 g/mol. The van der Waals surface area contributed by atoms with E-state index in [1.165, 1.54) is 6.42 Å². The maximum atomic E-state index is 11.5. The van der Waals surface area contributed by atoms with Crippen LogP contribution in [-0.4, -0.2) is 29.3 Å². The first kappa shape index (κ1) is 10.7. The van der Waals surface area contributed by atoms with Gasteiger partial charge in [-0.2, -0.15) is 0 Å². The molecule has 0 bridgehead atoms. The predicted molar refractivity (Wildman–Crippen MR) is 57.5 cm³/mol. The molecule has 0 heterocycles. The van der Waals surface area contributed by atoms with Crippen LogP contribution in [0.4, 0.5) is 4.79 Å². The molecule has 2 aliphatic carbocycles. The molecule has 2 saturated carbocycles. The summed E-state index contributed by atoms with van der Waals surface area (Å²) in [6, 6.07) is 0.398. The molecule has 3 N–H and O–H groups in total. The van der Waals surface area contributed by atoms with E-state index in [0.717, 1.165) is 12.8 Å². The lowest BCUT2D eigenvalue weighted by Gasteiger charge is -2.49. The van der Waals surface area contributed by atoms with Crippen molar-refractivity contribution in [1.29, 1.82) is 0 Å². The Hall–Kier alpha value is -0.770. The van der Waals surface area contributed by atoms with Crippen LogP contribution < -0.4 is 10.6 Å². The summed E-state index contributed by atoms with van der Waals surface area (Å²) in [5.41, 5.74) is -0.184. The van der Waals surface area contributed by atoms with Gasteiger partial charge >= 0.3 is 6.03 Å². The fraction of sp³-hybridized carbons (Fsp3) is 0.909. The average Bonchev–Trinajstić information content (AvgIpc) is 2.11. The smallest absolute Gasteiger partial charge is 0.315 e. The highest BCUT2D eigenvalue weighted by Gasteiger charge is 2.48. The largest absolute Gasteiger partial charge is 0.392 e. The van der Waals surface area contributed by atoms with Crippen LogP contribution in [0.15, 0.2) is 0 Å². The van der Waals surface area contributed by atoms with Crippen LogP contribution in [0.5, 0.6) is 0 Å². The molecule has 0 aromatic rings. The van der Waals surface area contributed by atoms with Crippen LogP contribution in [0.3, 0.4) is 0 Å². The molecular weight excluding hydrogens is 192 g/mol. The van der Waals surface area contributed by atoms with Gasteiger partial charge in [0.15, 0.2) is 0 Å². The van der Waals surface area contributed by atoms with Crippen LogP contribution in [0.2, 0.25) is 0 Å². The third-order valence-electron chi connectivity index (χ3n) is 3.96. The lowest BCUT2D eigenvalue weighted by atomic mass is 9.64. The second kappa shape index (κ2) is 3.67. The summed E-state index contributed by atoms with van der Waals surface area (Å²) in [7, 11) is 0. The molecule has 2 amide bonds. The van der Waals surface area contributed by atoms with E-state index in [9.17, 15) is 9.90 Å². The van der Waals surface area contributed by atoms with Gasteiger partial charge in [-0.1, -0.05) is 13.8 Å². The normalized spacial score (nSPS) is 33.8. The lowest BCUT2D eigenvalue weighted by molar-refractivity contribution is -0.0679. The molecule has 0 aromatic carbocycles. The van der Waals surface area contributed by atoms with Crippen molar-refractivity contribution in [3.05, 3.63) is 0 Å². The molecule has 2 aliphatic rings. The van der Waals surface area contributed by atoms with E-state index < -0.39 is 0 Å². The van der Waals surface area contributed by atoms with Crippen LogP contribution >= 0.6 is 0 Å². The number of rotatable bonds is 2. The minimum absolute atomic E-state index is 0.0790. The Kier molecular flexibility index (Phi) is 2.63. The molecule has 4 nitrogen and oxygen atoms in total.